The number of nitrogens with zero attached hydrogens (tertiary/aromatic N) is 1. The Labute approximate surface area is 89.8 Å². The maximum absolute atomic E-state index is 13.4. The van der Waals surface area contributed by atoms with Crippen LogP contribution < -0.4 is 5.73 Å². The molecule has 2 nitrogen and oxygen atoms in total. The van der Waals surface area contributed by atoms with Crippen LogP contribution in [-0.2, 0) is 0 Å². The zero-order valence-electron chi connectivity index (χ0n) is 9.47. The van der Waals surface area contributed by atoms with Crippen LogP contribution in [-0.4, -0.2) is 36.5 Å². The van der Waals surface area contributed by atoms with Crippen molar-refractivity contribution in [3.8, 4) is 0 Å². The van der Waals surface area contributed by atoms with Crippen molar-refractivity contribution in [2.75, 3.05) is 19.6 Å². The van der Waals surface area contributed by atoms with Crippen LogP contribution in [0.25, 0.3) is 0 Å². The normalized spacial score (nSPS) is 35.4. The Morgan fingerprint density at radius 1 is 1.27 bits per heavy atom. The number of hydrogen-bond acceptors (Lipinski definition) is 2. The van der Waals surface area contributed by atoms with Gasteiger partial charge in [0.15, 0.2) is 0 Å². The molecular weight excluding hydrogens is 198 g/mol. The Morgan fingerprint density at radius 3 is 2.13 bits per heavy atom. The fourth-order valence-electron chi connectivity index (χ4n) is 2.49. The van der Waals surface area contributed by atoms with E-state index in [9.17, 15) is 8.78 Å². The molecule has 0 amide bonds. The van der Waals surface area contributed by atoms with Crippen LogP contribution in [0.2, 0.25) is 0 Å². The Hall–Kier alpha value is -0.220. The summed E-state index contributed by atoms with van der Waals surface area (Å²) in [6, 6.07) is 0.272. The van der Waals surface area contributed by atoms with Crippen molar-refractivity contribution >= 4 is 0 Å². The summed E-state index contributed by atoms with van der Waals surface area (Å²) in [5.74, 6) is -2.92. The third-order valence-electron chi connectivity index (χ3n) is 4.16. The first kappa shape index (κ1) is 11.3. The molecule has 1 unspecified atom stereocenters. The molecular formula is C11H20F2N2. The fourth-order valence-corrected chi connectivity index (χ4v) is 2.49. The van der Waals surface area contributed by atoms with E-state index in [0.29, 0.717) is 6.54 Å². The topological polar surface area (TPSA) is 29.3 Å². The van der Waals surface area contributed by atoms with Crippen molar-refractivity contribution in [3.63, 3.8) is 0 Å². The summed E-state index contributed by atoms with van der Waals surface area (Å²) < 4.78 is 26.7. The van der Waals surface area contributed by atoms with Crippen LogP contribution >= 0.6 is 0 Å². The van der Waals surface area contributed by atoms with E-state index in [4.69, 9.17) is 5.73 Å². The fraction of sp³-hybridized carbons (Fsp3) is 1.00. The second kappa shape index (κ2) is 3.39. The predicted molar refractivity (Wildman–Crippen MR) is 55.9 cm³/mol. The second-order valence-electron chi connectivity index (χ2n) is 5.54. The first-order valence-electron chi connectivity index (χ1n) is 5.71. The van der Waals surface area contributed by atoms with Gasteiger partial charge < -0.3 is 10.6 Å². The monoisotopic (exact) mass is 218 g/mol. The van der Waals surface area contributed by atoms with E-state index in [1.54, 1.807) is 13.8 Å². The SMILES string of the molecule is CC1(C)C(CN2CCC(N)CC2)C1(F)F. The molecule has 1 aliphatic heterocycles. The number of piperidine rings is 1. The van der Waals surface area contributed by atoms with E-state index in [-0.39, 0.29) is 6.04 Å². The Bertz CT molecular complexity index is 231. The molecule has 0 aromatic heterocycles. The quantitative estimate of drug-likeness (QED) is 0.764. The van der Waals surface area contributed by atoms with Crippen LogP contribution in [0.15, 0.2) is 0 Å². The summed E-state index contributed by atoms with van der Waals surface area (Å²) in [7, 11) is 0. The highest BCUT2D eigenvalue weighted by Crippen LogP contribution is 2.65. The summed E-state index contributed by atoms with van der Waals surface area (Å²) in [4.78, 5) is 2.14. The smallest absolute Gasteiger partial charge is 0.258 e. The van der Waals surface area contributed by atoms with Gasteiger partial charge in [0.25, 0.3) is 5.92 Å². The third-order valence-corrected chi connectivity index (χ3v) is 4.16. The predicted octanol–water partition coefficient (Wildman–Crippen LogP) is 1.70. The Kier molecular flexibility index (Phi) is 2.54. The molecule has 1 heterocycles. The van der Waals surface area contributed by atoms with Gasteiger partial charge in [0.05, 0.1) is 0 Å². The maximum atomic E-state index is 13.4. The zero-order chi connectivity index (χ0) is 11.3. The van der Waals surface area contributed by atoms with Crippen molar-refractivity contribution in [2.24, 2.45) is 17.1 Å². The molecule has 1 aliphatic carbocycles. The van der Waals surface area contributed by atoms with E-state index < -0.39 is 17.3 Å². The van der Waals surface area contributed by atoms with Crippen LogP contribution in [0.4, 0.5) is 8.78 Å². The molecule has 1 saturated carbocycles. The molecule has 2 N–H and O–H groups in total. The summed E-state index contributed by atoms with van der Waals surface area (Å²) in [5.41, 5.74) is 4.98. The third kappa shape index (κ3) is 1.78. The van der Waals surface area contributed by atoms with Crippen molar-refractivity contribution in [3.05, 3.63) is 0 Å². The van der Waals surface area contributed by atoms with Crippen LogP contribution in [0.3, 0.4) is 0 Å². The minimum Gasteiger partial charge on any atom is -0.328 e. The lowest BCUT2D eigenvalue weighted by atomic mass is 10.0. The van der Waals surface area contributed by atoms with Crippen molar-refractivity contribution in [1.29, 1.82) is 0 Å². The summed E-state index contributed by atoms with van der Waals surface area (Å²) in [6.45, 7) is 5.61. The zero-order valence-corrected chi connectivity index (χ0v) is 9.47. The van der Waals surface area contributed by atoms with Crippen molar-refractivity contribution in [2.45, 2.75) is 38.7 Å². The van der Waals surface area contributed by atoms with Crippen molar-refractivity contribution in [1.82, 2.24) is 4.90 Å². The number of likely N-dealkylation sites (tertiary alicyclic amines) is 1. The molecule has 0 aromatic carbocycles. The van der Waals surface area contributed by atoms with E-state index in [2.05, 4.69) is 4.90 Å². The molecule has 2 rings (SSSR count). The first-order chi connectivity index (χ1) is 6.85. The van der Waals surface area contributed by atoms with Gasteiger partial charge in [-0.15, -0.1) is 0 Å². The van der Waals surface area contributed by atoms with Gasteiger partial charge in [-0.3, -0.25) is 0 Å². The molecule has 2 fully saturated rings. The molecule has 0 bridgehead atoms. The molecule has 4 heteroatoms. The van der Waals surface area contributed by atoms with Crippen LogP contribution in [0.1, 0.15) is 26.7 Å². The van der Waals surface area contributed by atoms with Gasteiger partial charge in [-0.2, -0.15) is 0 Å². The minimum atomic E-state index is -2.47. The van der Waals surface area contributed by atoms with E-state index in [0.717, 1.165) is 25.9 Å². The highest BCUT2D eigenvalue weighted by Gasteiger charge is 2.74. The van der Waals surface area contributed by atoms with E-state index in [1.165, 1.54) is 0 Å². The lowest BCUT2D eigenvalue weighted by Crippen LogP contribution is -2.41. The van der Waals surface area contributed by atoms with Gasteiger partial charge in [-0.25, -0.2) is 8.78 Å². The van der Waals surface area contributed by atoms with E-state index >= 15 is 0 Å². The van der Waals surface area contributed by atoms with Gasteiger partial charge in [-0.05, 0) is 25.9 Å². The largest absolute Gasteiger partial charge is 0.328 e. The maximum Gasteiger partial charge on any atom is 0.258 e. The first-order valence-corrected chi connectivity index (χ1v) is 5.71. The number of rotatable bonds is 2. The average Bonchev–Trinajstić information content (AvgIpc) is 2.52. The molecule has 15 heavy (non-hydrogen) atoms. The summed E-state index contributed by atoms with van der Waals surface area (Å²) in [5, 5.41) is 0. The highest BCUT2D eigenvalue weighted by atomic mass is 19.3. The lowest BCUT2D eigenvalue weighted by Gasteiger charge is -2.30. The molecule has 0 spiro atoms. The number of halogens is 2. The van der Waals surface area contributed by atoms with Gasteiger partial charge in [0, 0.05) is 23.9 Å². The van der Waals surface area contributed by atoms with Gasteiger partial charge >= 0.3 is 0 Å². The highest BCUT2D eigenvalue weighted by molar-refractivity contribution is 5.14. The number of hydrogen-bond donors (Lipinski definition) is 1. The van der Waals surface area contributed by atoms with Gasteiger partial charge in [0.1, 0.15) is 0 Å². The Morgan fingerprint density at radius 2 is 1.73 bits per heavy atom. The standard InChI is InChI=1S/C11H20F2N2/c1-10(2)9(11(10,12)13)7-15-5-3-8(14)4-6-15/h8-9H,3-7,14H2,1-2H3. The Balaban J connectivity index is 1.85. The van der Waals surface area contributed by atoms with Gasteiger partial charge in [-0.1, -0.05) is 13.8 Å². The average molecular weight is 218 g/mol. The van der Waals surface area contributed by atoms with Crippen LogP contribution in [0.5, 0.6) is 0 Å². The lowest BCUT2D eigenvalue weighted by molar-refractivity contribution is 0.0602. The molecule has 0 aromatic rings. The molecule has 1 atom stereocenters. The summed E-state index contributed by atoms with van der Waals surface area (Å²) >= 11 is 0. The molecule has 1 saturated heterocycles. The van der Waals surface area contributed by atoms with Crippen molar-refractivity contribution < 1.29 is 8.78 Å². The number of alkyl halides is 2. The second-order valence-corrected chi connectivity index (χ2v) is 5.54. The molecule has 2 aliphatic rings. The molecule has 88 valence electrons. The summed E-state index contributed by atoms with van der Waals surface area (Å²) in [6.07, 6.45) is 1.89. The van der Waals surface area contributed by atoms with Gasteiger partial charge in [0.2, 0.25) is 0 Å². The van der Waals surface area contributed by atoms with E-state index in [1.807, 2.05) is 0 Å². The molecule has 0 radical (unpaired) electrons. The minimum absolute atomic E-state index is 0.272. The van der Waals surface area contributed by atoms with Crippen LogP contribution in [0, 0.1) is 11.3 Å². The number of nitrogens with two attached hydrogens (primary N) is 1.